The van der Waals surface area contributed by atoms with Gasteiger partial charge in [0.05, 0.1) is 5.41 Å². The number of hydrogen-bond acceptors (Lipinski definition) is 2. The molecule has 1 saturated heterocycles. The van der Waals surface area contributed by atoms with Crippen molar-refractivity contribution in [1.82, 2.24) is 4.90 Å². The van der Waals surface area contributed by atoms with Gasteiger partial charge in [0.25, 0.3) is 0 Å². The number of halogens is 1. The summed E-state index contributed by atoms with van der Waals surface area (Å²) >= 11 is 6.20. The molecule has 0 radical (unpaired) electrons. The van der Waals surface area contributed by atoms with Gasteiger partial charge >= 0.3 is 0 Å². The first-order valence-electron chi connectivity index (χ1n) is 10.4. The van der Waals surface area contributed by atoms with Crippen molar-refractivity contribution in [2.45, 2.75) is 38.0 Å². The molecule has 3 nitrogen and oxygen atoms in total. The van der Waals surface area contributed by atoms with Gasteiger partial charge in [-0.3, -0.25) is 4.79 Å². The molecule has 0 bridgehead atoms. The van der Waals surface area contributed by atoms with Gasteiger partial charge in [-0.2, -0.15) is 0 Å². The van der Waals surface area contributed by atoms with Gasteiger partial charge in [-0.05, 0) is 55.0 Å². The minimum atomic E-state index is -0.282. The van der Waals surface area contributed by atoms with Gasteiger partial charge in [-0.25, -0.2) is 0 Å². The molecule has 1 aliphatic carbocycles. The van der Waals surface area contributed by atoms with Crippen molar-refractivity contribution < 1.29 is 4.79 Å². The first-order valence-corrected chi connectivity index (χ1v) is 10.8. The number of rotatable bonds is 5. The van der Waals surface area contributed by atoms with Crippen LogP contribution in [0.4, 0.5) is 0 Å². The molecule has 1 saturated carbocycles. The van der Waals surface area contributed by atoms with Crippen LogP contribution in [-0.2, 0) is 11.2 Å². The van der Waals surface area contributed by atoms with Crippen LogP contribution in [0.5, 0.6) is 0 Å². The monoisotopic (exact) mass is 396 g/mol. The number of nitrogens with two attached hydrogens (primary N) is 1. The van der Waals surface area contributed by atoms with E-state index in [1.54, 1.807) is 0 Å². The maximum absolute atomic E-state index is 13.7. The average Bonchev–Trinajstić information content (AvgIpc) is 3.36. The summed E-state index contributed by atoms with van der Waals surface area (Å²) in [6.45, 7) is 2.17. The molecule has 28 heavy (non-hydrogen) atoms. The number of hydrogen-bond donors (Lipinski definition) is 1. The van der Waals surface area contributed by atoms with E-state index in [1.807, 2.05) is 24.3 Å². The van der Waals surface area contributed by atoms with E-state index >= 15 is 0 Å². The van der Waals surface area contributed by atoms with Crippen LogP contribution in [0, 0.1) is 11.3 Å². The summed E-state index contributed by atoms with van der Waals surface area (Å²) in [6, 6.07) is 18.5. The lowest BCUT2D eigenvalue weighted by Crippen LogP contribution is -2.43. The maximum atomic E-state index is 13.7. The molecule has 1 amide bonds. The SMILES string of the molecule is NC[C@@H]1CN(C(=O)C2(Cc3cccc(Cl)c3)CCCC2)C[C@H]1c1ccccc1. The second-order valence-electron chi connectivity index (χ2n) is 8.52. The van der Waals surface area contributed by atoms with Gasteiger partial charge in [0.1, 0.15) is 0 Å². The van der Waals surface area contributed by atoms with Crippen LogP contribution in [0.2, 0.25) is 5.02 Å². The molecule has 2 aromatic carbocycles. The second kappa shape index (κ2) is 8.26. The van der Waals surface area contributed by atoms with Crippen LogP contribution in [0.25, 0.3) is 0 Å². The Morgan fingerprint density at radius 1 is 1.07 bits per heavy atom. The van der Waals surface area contributed by atoms with E-state index in [0.717, 1.165) is 55.8 Å². The van der Waals surface area contributed by atoms with E-state index in [1.165, 1.54) is 5.56 Å². The molecule has 2 aromatic rings. The van der Waals surface area contributed by atoms with Crippen molar-refractivity contribution in [3.8, 4) is 0 Å². The fraction of sp³-hybridized carbons (Fsp3) is 0.458. The summed E-state index contributed by atoms with van der Waals surface area (Å²) < 4.78 is 0. The third-order valence-corrected chi connectivity index (χ3v) is 6.94. The highest BCUT2D eigenvalue weighted by molar-refractivity contribution is 6.30. The molecule has 0 unspecified atom stereocenters. The zero-order valence-electron chi connectivity index (χ0n) is 16.3. The molecule has 4 heteroatoms. The zero-order chi connectivity index (χ0) is 19.6. The summed E-state index contributed by atoms with van der Waals surface area (Å²) in [5.41, 5.74) is 8.27. The van der Waals surface area contributed by atoms with Gasteiger partial charge in [-0.15, -0.1) is 0 Å². The highest BCUT2D eigenvalue weighted by Gasteiger charge is 2.46. The van der Waals surface area contributed by atoms with Crippen molar-refractivity contribution in [2.75, 3.05) is 19.6 Å². The quantitative estimate of drug-likeness (QED) is 0.799. The lowest BCUT2D eigenvalue weighted by Gasteiger charge is -2.33. The van der Waals surface area contributed by atoms with Crippen LogP contribution in [0.3, 0.4) is 0 Å². The minimum Gasteiger partial charge on any atom is -0.341 e. The summed E-state index contributed by atoms with van der Waals surface area (Å²) in [7, 11) is 0. The summed E-state index contributed by atoms with van der Waals surface area (Å²) in [5, 5.41) is 0.742. The van der Waals surface area contributed by atoms with E-state index < -0.39 is 0 Å². The van der Waals surface area contributed by atoms with E-state index in [4.69, 9.17) is 17.3 Å². The number of carbonyl (C=O) groups excluding carboxylic acids is 1. The fourth-order valence-corrected chi connectivity index (χ4v) is 5.46. The van der Waals surface area contributed by atoms with Crippen molar-refractivity contribution in [2.24, 2.45) is 17.1 Å². The van der Waals surface area contributed by atoms with E-state index in [-0.39, 0.29) is 5.41 Å². The Labute approximate surface area is 172 Å². The molecule has 2 N–H and O–H groups in total. The van der Waals surface area contributed by atoms with Gasteiger partial charge in [0.15, 0.2) is 0 Å². The predicted octanol–water partition coefficient (Wildman–Crippen LogP) is 4.64. The second-order valence-corrected chi connectivity index (χ2v) is 8.95. The van der Waals surface area contributed by atoms with Crippen LogP contribution in [0.1, 0.15) is 42.7 Å². The Balaban J connectivity index is 1.56. The van der Waals surface area contributed by atoms with Gasteiger partial charge in [0.2, 0.25) is 5.91 Å². The highest BCUT2D eigenvalue weighted by Crippen LogP contribution is 2.45. The van der Waals surface area contributed by atoms with Crippen LogP contribution >= 0.6 is 11.6 Å². The van der Waals surface area contributed by atoms with Crippen molar-refractivity contribution in [3.63, 3.8) is 0 Å². The Hall–Kier alpha value is -1.84. The van der Waals surface area contributed by atoms with Gasteiger partial charge < -0.3 is 10.6 Å². The summed E-state index contributed by atoms with van der Waals surface area (Å²) in [4.78, 5) is 15.9. The number of benzene rings is 2. The number of nitrogens with zero attached hydrogens (tertiary/aromatic N) is 1. The maximum Gasteiger partial charge on any atom is 0.229 e. The molecule has 4 rings (SSSR count). The molecule has 2 fully saturated rings. The molecule has 1 aliphatic heterocycles. The largest absolute Gasteiger partial charge is 0.341 e. The zero-order valence-corrected chi connectivity index (χ0v) is 17.1. The number of amides is 1. The molecular formula is C24H29ClN2O. The molecule has 1 heterocycles. The molecule has 148 valence electrons. The van der Waals surface area contributed by atoms with Gasteiger partial charge in [0, 0.05) is 24.0 Å². The normalized spacial score (nSPS) is 23.9. The molecule has 2 atom stereocenters. The third-order valence-electron chi connectivity index (χ3n) is 6.70. The van der Waals surface area contributed by atoms with Gasteiger partial charge in [-0.1, -0.05) is 66.9 Å². The van der Waals surface area contributed by atoms with Crippen LogP contribution in [0.15, 0.2) is 54.6 Å². The Bertz CT molecular complexity index is 816. The summed E-state index contributed by atoms with van der Waals surface area (Å²) in [5.74, 6) is 0.984. The van der Waals surface area contributed by atoms with Crippen LogP contribution in [-0.4, -0.2) is 30.4 Å². The van der Waals surface area contributed by atoms with Crippen molar-refractivity contribution >= 4 is 17.5 Å². The minimum absolute atomic E-state index is 0.282. The Morgan fingerprint density at radius 2 is 1.82 bits per heavy atom. The van der Waals surface area contributed by atoms with E-state index in [0.29, 0.717) is 24.3 Å². The molecule has 0 spiro atoms. The third kappa shape index (κ3) is 3.83. The summed E-state index contributed by atoms with van der Waals surface area (Å²) in [6.07, 6.45) is 4.98. The number of carbonyl (C=O) groups is 1. The standard InChI is InChI=1S/C24H29ClN2O/c25-21-10-6-7-18(13-21)14-24(11-4-5-12-24)23(28)27-16-20(15-26)22(17-27)19-8-2-1-3-9-19/h1-3,6-10,13,20,22H,4-5,11-12,14-17,26H2/t20-,22+/m1/s1. The lowest BCUT2D eigenvalue weighted by atomic mass is 9.78. The van der Waals surface area contributed by atoms with Crippen molar-refractivity contribution in [3.05, 3.63) is 70.7 Å². The Kier molecular flexibility index (Phi) is 5.75. The smallest absolute Gasteiger partial charge is 0.229 e. The van der Waals surface area contributed by atoms with Crippen LogP contribution < -0.4 is 5.73 Å². The topological polar surface area (TPSA) is 46.3 Å². The first kappa shape index (κ1) is 19.5. The van der Waals surface area contributed by atoms with E-state index in [2.05, 4.69) is 35.2 Å². The highest BCUT2D eigenvalue weighted by atomic mass is 35.5. The molecular weight excluding hydrogens is 368 g/mol. The Morgan fingerprint density at radius 3 is 2.50 bits per heavy atom. The van der Waals surface area contributed by atoms with E-state index in [9.17, 15) is 4.79 Å². The van der Waals surface area contributed by atoms with Crippen molar-refractivity contribution in [1.29, 1.82) is 0 Å². The molecule has 0 aromatic heterocycles. The predicted molar refractivity (Wildman–Crippen MR) is 114 cm³/mol. The average molecular weight is 397 g/mol. The number of likely N-dealkylation sites (tertiary alicyclic amines) is 1. The first-order chi connectivity index (χ1) is 13.6. The fourth-order valence-electron chi connectivity index (χ4n) is 5.24. The molecule has 2 aliphatic rings. The lowest BCUT2D eigenvalue weighted by molar-refractivity contribution is -0.141.